The summed E-state index contributed by atoms with van der Waals surface area (Å²) < 4.78 is 33.0. The van der Waals surface area contributed by atoms with Crippen molar-refractivity contribution in [2.75, 3.05) is 0 Å². The van der Waals surface area contributed by atoms with Gasteiger partial charge in [0.1, 0.15) is 0 Å². The Balaban J connectivity index is 3.96. The van der Waals surface area contributed by atoms with Crippen molar-refractivity contribution in [1.82, 2.24) is 8.75 Å². The van der Waals surface area contributed by atoms with E-state index < -0.39 is 25.5 Å². The van der Waals surface area contributed by atoms with Crippen molar-refractivity contribution in [3.63, 3.8) is 0 Å². The third-order valence-electron chi connectivity index (χ3n) is 4.77. The van der Waals surface area contributed by atoms with Crippen LogP contribution in [0.3, 0.4) is 0 Å². The van der Waals surface area contributed by atoms with Gasteiger partial charge in [0.2, 0.25) is 0 Å². The van der Waals surface area contributed by atoms with Crippen LogP contribution in [0.4, 0.5) is 0 Å². The molecule has 0 unspecified atom stereocenters. The largest absolute Gasteiger partial charge is 0.344 e. The maximum Gasteiger partial charge on any atom is 0.344 e. The van der Waals surface area contributed by atoms with Crippen LogP contribution in [0.2, 0.25) is 0 Å². The highest BCUT2D eigenvalue weighted by atomic mass is 32.1. The monoisotopic (exact) mass is 386 g/mol. The molecule has 23 heavy (non-hydrogen) atoms. The minimum Gasteiger partial charge on any atom is -0.324 e. The molecule has 11 heteroatoms. The molecule has 1 aromatic rings. The van der Waals surface area contributed by atoms with Crippen LogP contribution in [-0.2, 0) is 21.0 Å². The Hall–Kier alpha value is -0.140. The van der Waals surface area contributed by atoms with Crippen molar-refractivity contribution in [2.24, 2.45) is 0 Å². The number of rotatable bonds is 8. The van der Waals surface area contributed by atoms with Gasteiger partial charge in [0.15, 0.2) is 4.90 Å². The fraction of sp³-hybridized carbons (Fsp3) is 0.833. The predicted octanol–water partition coefficient (Wildman–Crippen LogP) is 2.62. The lowest BCUT2D eigenvalue weighted by atomic mass is 9.73. The molecule has 0 bridgehead atoms. The highest BCUT2D eigenvalue weighted by Crippen LogP contribution is 2.78. The Morgan fingerprint density at radius 3 is 1.70 bits per heavy atom. The van der Waals surface area contributed by atoms with Gasteiger partial charge in [-0.2, -0.15) is 8.75 Å². The minimum atomic E-state index is -5.18. The molecule has 134 valence electrons. The Labute approximate surface area is 140 Å². The van der Waals surface area contributed by atoms with Gasteiger partial charge in [0.25, 0.3) is 0 Å². The van der Waals surface area contributed by atoms with Crippen molar-refractivity contribution in [3.8, 4) is 0 Å². The van der Waals surface area contributed by atoms with Crippen LogP contribution >= 0.6 is 26.9 Å². The van der Waals surface area contributed by atoms with E-state index >= 15 is 0 Å². The summed E-state index contributed by atoms with van der Waals surface area (Å²) in [6.45, 7) is 6.54. The summed E-state index contributed by atoms with van der Waals surface area (Å²) >= 11 is 0.890. The molecule has 0 amide bonds. The van der Waals surface area contributed by atoms with E-state index in [2.05, 4.69) is 8.75 Å². The van der Waals surface area contributed by atoms with Gasteiger partial charge in [-0.15, -0.1) is 0 Å². The van der Waals surface area contributed by atoms with E-state index in [9.17, 15) is 28.7 Å². The minimum absolute atomic E-state index is 0.131. The maximum absolute atomic E-state index is 12.3. The topological polar surface area (TPSA) is 141 Å². The lowest BCUT2D eigenvalue weighted by Gasteiger charge is -2.48. The fourth-order valence-corrected chi connectivity index (χ4v) is 8.48. The summed E-state index contributed by atoms with van der Waals surface area (Å²) in [7, 11) is -10.4. The van der Waals surface area contributed by atoms with Crippen LogP contribution in [0.15, 0.2) is 0 Å². The molecule has 0 radical (unpaired) electrons. The van der Waals surface area contributed by atoms with Crippen molar-refractivity contribution >= 4 is 26.9 Å². The highest BCUT2D eigenvalue weighted by molar-refractivity contribution is 7.72. The smallest absolute Gasteiger partial charge is 0.324 e. The van der Waals surface area contributed by atoms with E-state index in [4.69, 9.17) is 0 Å². The van der Waals surface area contributed by atoms with Crippen LogP contribution in [0.25, 0.3) is 0 Å². The molecule has 0 aromatic carbocycles. The SMILES string of the molecule is CCc1nsnc1C(CC)(CC)C(CC)(P(=O)(O)O)P(=O)(O)O. The van der Waals surface area contributed by atoms with Gasteiger partial charge in [-0.1, -0.05) is 27.7 Å². The van der Waals surface area contributed by atoms with Gasteiger partial charge in [0, 0.05) is 5.41 Å². The average molecular weight is 386 g/mol. The van der Waals surface area contributed by atoms with E-state index in [1.807, 2.05) is 6.92 Å². The van der Waals surface area contributed by atoms with Crippen molar-refractivity contribution in [2.45, 2.75) is 63.7 Å². The molecule has 1 heterocycles. The number of aryl methyl sites for hydroxylation is 1. The summed E-state index contributed by atoms with van der Waals surface area (Å²) in [5, 5.41) is 0. The van der Waals surface area contributed by atoms with Crippen molar-refractivity contribution in [1.29, 1.82) is 0 Å². The van der Waals surface area contributed by atoms with Gasteiger partial charge in [-0.05, 0) is 25.7 Å². The lowest BCUT2D eigenvalue weighted by Crippen LogP contribution is -2.51. The molecule has 4 N–H and O–H groups in total. The first-order valence-corrected chi connectivity index (χ1v) is 11.4. The van der Waals surface area contributed by atoms with E-state index in [1.165, 1.54) is 6.92 Å². The van der Waals surface area contributed by atoms with Crippen molar-refractivity contribution < 1.29 is 28.7 Å². The van der Waals surface area contributed by atoms with Crippen LogP contribution in [0.5, 0.6) is 0 Å². The Bertz CT molecular complexity index is 611. The number of hydrogen-bond acceptors (Lipinski definition) is 5. The summed E-state index contributed by atoms with van der Waals surface area (Å²) in [6, 6.07) is 0. The molecule has 8 nitrogen and oxygen atoms in total. The quantitative estimate of drug-likeness (QED) is 0.500. The van der Waals surface area contributed by atoms with Crippen LogP contribution in [0, 0.1) is 0 Å². The molecular formula is C12H24N2O6P2S. The van der Waals surface area contributed by atoms with Crippen LogP contribution < -0.4 is 0 Å². The van der Waals surface area contributed by atoms with E-state index in [1.54, 1.807) is 13.8 Å². The second kappa shape index (κ2) is 7.00. The zero-order chi connectivity index (χ0) is 18.1. The summed E-state index contributed by atoms with van der Waals surface area (Å²) in [5.41, 5.74) is -0.639. The molecule has 0 aliphatic heterocycles. The summed E-state index contributed by atoms with van der Waals surface area (Å²) in [4.78, 5) is 37.5. The molecule has 1 rings (SSSR count). The molecule has 0 saturated heterocycles. The van der Waals surface area contributed by atoms with Gasteiger partial charge in [-0.25, -0.2) is 0 Å². The molecule has 0 aliphatic rings. The maximum atomic E-state index is 12.3. The highest BCUT2D eigenvalue weighted by Gasteiger charge is 2.70. The standard InChI is InChI=1S/C12H24N2O6P2S/c1-5-9-10(14-23-13-9)11(6-2,7-3)12(8-4,21(15,16)17)22(18,19)20/h5-8H2,1-4H3,(H2,15,16,17)(H2,18,19,20). The second-order valence-electron chi connectivity index (χ2n) is 5.46. The molecule has 0 spiro atoms. The van der Waals surface area contributed by atoms with E-state index in [-0.39, 0.29) is 19.3 Å². The molecular weight excluding hydrogens is 362 g/mol. The second-order valence-corrected chi connectivity index (χ2v) is 10.0. The Morgan fingerprint density at radius 1 is 0.913 bits per heavy atom. The molecule has 0 fully saturated rings. The Kier molecular flexibility index (Phi) is 6.36. The van der Waals surface area contributed by atoms with Crippen molar-refractivity contribution in [3.05, 3.63) is 11.4 Å². The number of hydrogen-bond donors (Lipinski definition) is 4. The molecule has 0 saturated carbocycles. The predicted molar refractivity (Wildman–Crippen MR) is 88.7 cm³/mol. The Morgan fingerprint density at radius 2 is 1.39 bits per heavy atom. The first-order valence-electron chi connectivity index (χ1n) is 7.42. The van der Waals surface area contributed by atoms with Gasteiger partial charge < -0.3 is 19.6 Å². The van der Waals surface area contributed by atoms with Gasteiger partial charge in [0.05, 0.1) is 23.1 Å². The molecule has 1 aromatic heterocycles. The van der Waals surface area contributed by atoms with Crippen LogP contribution in [0.1, 0.15) is 58.3 Å². The average Bonchev–Trinajstić information content (AvgIpc) is 2.90. The lowest BCUT2D eigenvalue weighted by molar-refractivity contribution is 0.222. The number of nitrogens with zero attached hydrogens (tertiary/aromatic N) is 2. The van der Waals surface area contributed by atoms with E-state index in [0.717, 1.165) is 11.7 Å². The zero-order valence-electron chi connectivity index (χ0n) is 13.6. The van der Waals surface area contributed by atoms with Gasteiger partial charge >= 0.3 is 15.2 Å². The third kappa shape index (κ3) is 2.97. The van der Waals surface area contributed by atoms with E-state index in [0.29, 0.717) is 17.8 Å². The van der Waals surface area contributed by atoms with Crippen LogP contribution in [-0.4, -0.2) is 33.2 Å². The first-order chi connectivity index (χ1) is 10.5. The third-order valence-corrected chi connectivity index (χ3v) is 10.3. The normalized spacial score (nSPS) is 14.3. The fourth-order valence-electron chi connectivity index (χ4n) is 3.62. The molecule has 0 atom stereocenters. The van der Waals surface area contributed by atoms with Gasteiger partial charge in [-0.3, -0.25) is 9.13 Å². The zero-order valence-corrected chi connectivity index (χ0v) is 16.2. The molecule has 0 aliphatic carbocycles. The first kappa shape index (κ1) is 20.9. The summed E-state index contributed by atoms with van der Waals surface area (Å²) in [6.07, 6.45) is 0.359. The number of aromatic nitrogens is 2. The summed E-state index contributed by atoms with van der Waals surface area (Å²) in [5.74, 6) is 0.